The Morgan fingerprint density at radius 2 is 1.93 bits per heavy atom. The number of methoxy groups -OCH3 is 1. The number of rotatable bonds is 6. The highest BCUT2D eigenvalue weighted by atomic mass is 79.9. The summed E-state index contributed by atoms with van der Waals surface area (Å²) in [5.74, 6) is 1.90. The molecule has 1 fully saturated rings. The van der Waals surface area contributed by atoms with Gasteiger partial charge in [0.1, 0.15) is 17.6 Å². The van der Waals surface area contributed by atoms with Gasteiger partial charge < -0.3 is 14.4 Å². The highest BCUT2D eigenvalue weighted by molar-refractivity contribution is 9.10. The smallest absolute Gasteiger partial charge is 0.223 e. The van der Waals surface area contributed by atoms with Gasteiger partial charge in [-0.15, -0.1) is 0 Å². The van der Waals surface area contributed by atoms with Crippen molar-refractivity contribution < 1.29 is 14.3 Å². The van der Waals surface area contributed by atoms with Crippen LogP contribution in [0.15, 0.2) is 59.2 Å². The number of nitrogens with zero attached hydrogens (tertiary/aromatic N) is 2. The third kappa shape index (κ3) is 4.15. The molecule has 0 saturated carbocycles. The molecular weight excluding hydrogens is 444 g/mol. The first-order chi connectivity index (χ1) is 14.5. The van der Waals surface area contributed by atoms with E-state index in [0.717, 1.165) is 32.4 Å². The van der Waals surface area contributed by atoms with Crippen LogP contribution in [0.1, 0.15) is 31.9 Å². The molecule has 2 heterocycles. The molecule has 156 valence electrons. The van der Waals surface area contributed by atoms with Crippen LogP contribution in [0.2, 0.25) is 0 Å². The lowest BCUT2D eigenvalue weighted by atomic mass is 10.0. The third-order valence-corrected chi connectivity index (χ3v) is 6.34. The molecule has 3 aromatic rings. The number of carbonyl (C=O) groups is 1. The molecule has 1 aliphatic rings. The minimum atomic E-state index is -0.0975. The van der Waals surface area contributed by atoms with Crippen molar-refractivity contribution in [2.45, 2.75) is 32.4 Å². The Labute approximate surface area is 185 Å². The summed E-state index contributed by atoms with van der Waals surface area (Å²) in [6.45, 7) is 4.79. The number of aromatic nitrogens is 1. The van der Waals surface area contributed by atoms with Crippen LogP contribution in [0.4, 0.5) is 0 Å². The van der Waals surface area contributed by atoms with Gasteiger partial charge in [-0.3, -0.25) is 9.78 Å². The normalized spacial score (nSPS) is 18.5. The number of halogens is 1. The van der Waals surface area contributed by atoms with Crippen LogP contribution in [-0.4, -0.2) is 35.5 Å². The molecule has 1 saturated heterocycles. The van der Waals surface area contributed by atoms with E-state index in [-0.39, 0.29) is 24.0 Å². The first-order valence-electron chi connectivity index (χ1n) is 10.1. The third-order valence-electron chi connectivity index (χ3n) is 5.88. The van der Waals surface area contributed by atoms with Crippen molar-refractivity contribution in [3.05, 3.63) is 64.8 Å². The van der Waals surface area contributed by atoms with Crippen molar-refractivity contribution in [1.82, 2.24) is 9.88 Å². The molecule has 0 radical (unpaired) electrons. The molecule has 1 aromatic heterocycles. The van der Waals surface area contributed by atoms with E-state index in [1.165, 1.54) is 0 Å². The summed E-state index contributed by atoms with van der Waals surface area (Å²) in [6, 6.07) is 15.8. The maximum Gasteiger partial charge on any atom is 0.223 e. The molecule has 0 N–H and O–H groups in total. The van der Waals surface area contributed by atoms with Gasteiger partial charge >= 0.3 is 0 Å². The lowest BCUT2D eigenvalue weighted by Crippen LogP contribution is -2.31. The topological polar surface area (TPSA) is 51.7 Å². The zero-order valence-corrected chi connectivity index (χ0v) is 18.9. The van der Waals surface area contributed by atoms with Gasteiger partial charge in [-0.2, -0.15) is 0 Å². The lowest BCUT2D eigenvalue weighted by molar-refractivity contribution is -0.129. The van der Waals surface area contributed by atoms with Crippen LogP contribution >= 0.6 is 15.9 Å². The zero-order valence-electron chi connectivity index (χ0n) is 17.3. The molecule has 5 nitrogen and oxygen atoms in total. The molecular formula is C24H25BrN2O3. The number of likely N-dealkylation sites (tertiary alicyclic amines) is 1. The van der Waals surface area contributed by atoms with Crippen molar-refractivity contribution >= 4 is 32.7 Å². The molecule has 30 heavy (non-hydrogen) atoms. The zero-order chi connectivity index (χ0) is 21.3. The van der Waals surface area contributed by atoms with Gasteiger partial charge in [-0.25, -0.2) is 0 Å². The van der Waals surface area contributed by atoms with Crippen LogP contribution in [0.25, 0.3) is 10.9 Å². The van der Waals surface area contributed by atoms with E-state index in [1.54, 1.807) is 13.3 Å². The molecule has 4 rings (SSSR count). The van der Waals surface area contributed by atoms with E-state index < -0.39 is 0 Å². The van der Waals surface area contributed by atoms with E-state index in [1.807, 2.05) is 60.4 Å². The van der Waals surface area contributed by atoms with E-state index in [0.29, 0.717) is 13.0 Å². The Morgan fingerprint density at radius 1 is 1.17 bits per heavy atom. The van der Waals surface area contributed by atoms with Gasteiger partial charge in [-0.05, 0) is 55.8 Å². The van der Waals surface area contributed by atoms with Crippen LogP contribution in [-0.2, 0) is 4.79 Å². The Balaban J connectivity index is 1.48. The first kappa shape index (κ1) is 20.7. The van der Waals surface area contributed by atoms with Gasteiger partial charge in [0.25, 0.3) is 0 Å². The summed E-state index contributed by atoms with van der Waals surface area (Å²) in [4.78, 5) is 19.1. The Morgan fingerprint density at radius 3 is 2.67 bits per heavy atom. The van der Waals surface area contributed by atoms with Gasteiger partial charge in [0, 0.05) is 34.9 Å². The minimum absolute atomic E-state index is 0.0107. The second kappa shape index (κ2) is 8.64. The summed E-state index contributed by atoms with van der Waals surface area (Å²) < 4.78 is 12.5. The molecule has 0 aliphatic carbocycles. The maximum absolute atomic E-state index is 12.8. The Bertz CT molecular complexity index is 1050. The van der Waals surface area contributed by atoms with E-state index >= 15 is 0 Å². The predicted molar refractivity (Wildman–Crippen MR) is 121 cm³/mol. The summed E-state index contributed by atoms with van der Waals surface area (Å²) in [7, 11) is 1.65. The van der Waals surface area contributed by atoms with Crippen LogP contribution < -0.4 is 9.47 Å². The lowest BCUT2D eigenvalue weighted by Gasteiger charge is -2.27. The van der Waals surface area contributed by atoms with E-state index in [9.17, 15) is 4.79 Å². The van der Waals surface area contributed by atoms with Crippen molar-refractivity contribution in [3.63, 3.8) is 0 Å². The predicted octanol–water partition coefficient (Wildman–Crippen LogP) is 5.38. The SMILES string of the molecule is COc1ccc(C(C)N2CC(C(C)Oc3cc(Br)cc4ncccc34)CC2=O)cc1. The largest absolute Gasteiger partial charge is 0.497 e. The number of pyridine rings is 1. The van der Waals surface area contributed by atoms with Gasteiger partial charge in [0.15, 0.2) is 0 Å². The molecule has 0 bridgehead atoms. The average molecular weight is 469 g/mol. The molecule has 3 atom stereocenters. The van der Waals surface area contributed by atoms with Gasteiger partial charge in [0.2, 0.25) is 5.91 Å². The summed E-state index contributed by atoms with van der Waals surface area (Å²) in [5, 5.41) is 0.973. The van der Waals surface area contributed by atoms with Crippen molar-refractivity contribution in [2.75, 3.05) is 13.7 Å². The summed E-state index contributed by atoms with van der Waals surface area (Å²) in [6.07, 6.45) is 2.17. The number of amides is 1. The number of benzene rings is 2. The standard InChI is InChI=1S/C24H25BrN2O3/c1-15(17-6-8-20(29-3)9-7-17)27-14-18(11-24(27)28)16(2)30-23-13-19(25)12-22-21(23)5-4-10-26-22/h4-10,12-13,15-16,18H,11,14H2,1-3H3. The van der Waals surface area contributed by atoms with Crippen LogP contribution in [0.5, 0.6) is 11.5 Å². The summed E-state index contributed by atoms with van der Waals surface area (Å²) in [5.41, 5.74) is 1.98. The van der Waals surface area contributed by atoms with Crippen molar-refractivity contribution in [3.8, 4) is 11.5 Å². The number of ether oxygens (including phenoxy) is 2. The highest BCUT2D eigenvalue weighted by Crippen LogP contribution is 2.34. The van der Waals surface area contributed by atoms with Crippen molar-refractivity contribution in [2.24, 2.45) is 5.92 Å². The number of hydrogen-bond acceptors (Lipinski definition) is 4. The maximum atomic E-state index is 12.8. The fourth-order valence-corrected chi connectivity index (χ4v) is 4.45. The van der Waals surface area contributed by atoms with Gasteiger partial charge in [-0.1, -0.05) is 28.1 Å². The number of hydrogen-bond donors (Lipinski definition) is 0. The summed E-state index contributed by atoms with van der Waals surface area (Å²) >= 11 is 3.54. The monoisotopic (exact) mass is 468 g/mol. The fraction of sp³-hybridized carbons (Fsp3) is 0.333. The quantitative estimate of drug-likeness (QED) is 0.486. The number of fused-ring (bicyclic) bond motifs is 1. The Kier molecular flexibility index (Phi) is 5.95. The van der Waals surface area contributed by atoms with E-state index in [2.05, 4.69) is 27.8 Å². The molecule has 0 spiro atoms. The highest BCUT2D eigenvalue weighted by Gasteiger charge is 2.37. The second-order valence-corrected chi connectivity index (χ2v) is 8.67. The van der Waals surface area contributed by atoms with Crippen LogP contribution in [0.3, 0.4) is 0 Å². The Hall–Kier alpha value is -2.60. The molecule has 6 heteroatoms. The van der Waals surface area contributed by atoms with Crippen molar-refractivity contribution in [1.29, 1.82) is 0 Å². The molecule has 1 aliphatic heterocycles. The molecule has 2 aromatic carbocycles. The minimum Gasteiger partial charge on any atom is -0.497 e. The van der Waals surface area contributed by atoms with Gasteiger partial charge in [0.05, 0.1) is 18.7 Å². The molecule has 1 amide bonds. The van der Waals surface area contributed by atoms with E-state index in [4.69, 9.17) is 9.47 Å². The fourth-order valence-electron chi connectivity index (χ4n) is 4.02. The number of carbonyl (C=O) groups excluding carboxylic acids is 1. The molecule has 3 unspecified atom stereocenters. The average Bonchev–Trinajstić information content (AvgIpc) is 3.15. The first-order valence-corrected chi connectivity index (χ1v) is 10.9. The van der Waals surface area contributed by atoms with Crippen LogP contribution in [0, 0.1) is 5.92 Å². The second-order valence-electron chi connectivity index (χ2n) is 7.76.